The normalized spacial score (nSPS) is 45.7. The van der Waals surface area contributed by atoms with E-state index >= 15 is 0 Å². The first-order chi connectivity index (χ1) is 10.0. The van der Waals surface area contributed by atoms with Crippen LogP contribution in [0, 0.1) is 0 Å². The molecule has 0 amide bonds. The Bertz CT molecular complexity index is 377. The zero-order chi connectivity index (χ0) is 15.1. The monoisotopic (exact) mass is 295 g/mol. The van der Waals surface area contributed by atoms with Gasteiger partial charge in [-0.15, -0.1) is 0 Å². The zero-order valence-electron chi connectivity index (χ0n) is 14.1. The van der Waals surface area contributed by atoms with Gasteiger partial charge in [0.1, 0.15) is 0 Å². The Hall–Kier alpha value is -0.160. The van der Waals surface area contributed by atoms with Crippen LogP contribution in [0.25, 0.3) is 0 Å². The van der Waals surface area contributed by atoms with Crippen molar-refractivity contribution in [1.82, 2.24) is 9.80 Å². The van der Waals surface area contributed by atoms with E-state index < -0.39 is 0 Å². The second-order valence-corrected chi connectivity index (χ2v) is 7.80. The number of piperazine rings is 1. The third kappa shape index (κ3) is 2.76. The molecule has 4 nitrogen and oxygen atoms in total. The fourth-order valence-electron chi connectivity index (χ4n) is 4.93. The van der Waals surface area contributed by atoms with Crippen molar-refractivity contribution >= 4 is 0 Å². The third-order valence-electron chi connectivity index (χ3n) is 6.40. The van der Waals surface area contributed by atoms with Gasteiger partial charge in [0.15, 0.2) is 0 Å². The van der Waals surface area contributed by atoms with Gasteiger partial charge in [-0.25, -0.2) is 0 Å². The maximum absolute atomic E-state index is 6.33. The Morgan fingerprint density at radius 2 is 2.14 bits per heavy atom. The maximum Gasteiger partial charge on any atom is 0.0670 e. The number of nitrogens with two attached hydrogens (primary N) is 1. The summed E-state index contributed by atoms with van der Waals surface area (Å²) < 4.78 is 6.09. The van der Waals surface area contributed by atoms with Crippen LogP contribution in [0.3, 0.4) is 0 Å². The summed E-state index contributed by atoms with van der Waals surface area (Å²) in [5.74, 6) is 0. The summed E-state index contributed by atoms with van der Waals surface area (Å²) in [4.78, 5) is 5.46. The number of rotatable bonds is 3. The number of fused-ring (bicyclic) bond motifs is 1. The van der Waals surface area contributed by atoms with E-state index in [1.165, 1.54) is 32.5 Å². The Kier molecular flexibility index (Phi) is 4.34. The van der Waals surface area contributed by atoms with Crippen LogP contribution in [0.2, 0.25) is 0 Å². The molecule has 3 aliphatic heterocycles. The Labute approximate surface area is 130 Å². The zero-order valence-corrected chi connectivity index (χ0v) is 14.1. The van der Waals surface area contributed by atoms with E-state index in [9.17, 15) is 0 Å². The smallest absolute Gasteiger partial charge is 0.0670 e. The Morgan fingerprint density at radius 3 is 2.86 bits per heavy atom. The van der Waals surface area contributed by atoms with Gasteiger partial charge in [-0.05, 0) is 52.5 Å². The molecule has 0 saturated carbocycles. The molecular formula is C17H33N3O. The van der Waals surface area contributed by atoms with E-state index in [0.29, 0.717) is 6.04 Å². The third-order valence-corrected chi connectivity index (χ3v) is 6.40. The van der Waals surface area contributed by atoms with Gasteiger partial charge in [0.05, 0.1) is 5.60 Å². The van der Waals surface area contributed by atoms with Gasteiger partial charge < -0.3 is 10.5 Å². The lowest BCUT2D eigenvalue weighted by Crippen LogP contribution is -2.68. The molecule has 4 atom stereocenters. The number of hydrogen-bond acceptors (Lipinski definition) is 4. The highest BCUT2D eigenvalue weighted by atomic mass is 16.5. The van der Waals surface area contributed by atoms with E-state index in [0.717, 1.165) is 38.5 Å². The van der Waals surface area contributed by atoms with Crippen LogP contribution in [0.1, 0.15) is 52.9 Å². The molecule has 4 heteroatoms. The molecule has 0 aliphatic carbocycles. The minimum Gasteiger partial charge on any atom is -0.375 e. The van der Waals surface area contributed by atoms with Gasteiger partial charge in [0.2, 0.25) is 0 Å². The van der Waals surface area contributed by atoms with Gasteiger partial charge >= 0.3 is 0 Å². The van der Waals surface area contributed by atoms with Crippen molar-refractivity contribution < 1.29 is 4.74 Å². The van der Waals surface area contributed by atoms with Crippen molar-refractivity contribution in [3.8, 4) is 0 Å². The van der Waals surface area contributed by atoms with Crippen molar-refractivity contribution in [3.63, 3.8) is 0 Å². The predicted octanol–water partition coefficient (Wildman–Crippen LogP) is 1.83. The molecule has 2 N–H and O–H groups in total. The molecule has 0 bridgehead atoms. The van der Waals surface area contributed by atoms with Crippen molar-refractivity contribution in [2.75, 3.05) is 32.8 Å². The molecule has 3 fully saturated rings. The predicted molar refractivity (Wildman–Crippen MR) is 86.4 cm³/mol. The Morgan fingerprint density at radius 1 is 1.33 bits per heavy atom. The summed E-state index contributed by atoms with van der Waals surface area (Å²) in [6.07, 6.45) is 5.99. The average molecular weight is 295 g/mol. The van der Waals surface area contributed by atoms with Crippen LogP contribution in [0.15, 0.2) is 0 Å². The number of ether oxygens (including phenoxy) is 1. The summed E-state index contributed by atoms with van der Waals surface area (Å²) in [6.45, 7) is 12.3. The molecule has 3 rings (SSSR count). The lowest BCUT2D eigenvalue weighted by atomic mass is 9.76. The van der Waals surface area contributed by atoms with E-state index in [1.807, 2.05) is 0 Å². The second-order valence-electron chi connectivity index (χ2n) is 7.80. The standard InChI is InChI=1S/C17H33N3O/c1-4-16(3)12-17(13-18,7-9-21-16)20-11-15-6-5-8-19(15)10-14(20)2/h14-15H,4-13,18H2,1-3H3. The summed E-state index contributed by atoms with van der Waals surface area (Å²) in [5.41, 5.74) is 6.49. The van der Waals surface area contributed by atoms with Crippen molar-refractivity contribution in [2.45, 2.75) is 76.1 Å². The summed E-state index contributed by atoms with van der Waals surface area (Å²) in [7, 11) is 0. The molecule has 122 valence electrons. The van der Waals surface area contributed by atoms with Crippen LogP contribution >= 0.6 is 0 Å². The summed E-state index contributed by atoms with van der Waals surface area (Å²) in [6, 6.07) is 1.38. The van der Waals surface area contributed by atoms with E-state index in [4.69, 9.17) is 10.5 Å². The highest BCUT2D eigenvalue weighted by Gasteiger charge is 2.49. The molecule has 0 radical (unpaired) electrons. The molecular weight excluding hydrogens is 262 g/mol. The van der Waals surface area contributed by atoms with Crippen LogP contribution in [0.4, 0.5) is 0 Å². The number of hydrogen-bond donors (Lipinski definition) is 1. The highest BCUT2D eigenvalue weighted by molar-refractivity contribution is 5.05. The molecule has 0 spiro atoms. The lowest BCUT2D eigenvalue weighted by molar-refractivity contribution is -0.146. The molecule has 0 aromatic heterocycles. The fraction of sp³-hybridized carbons (Fsp3) is 1.00. The van der Waals surface area contributed by atoms with Crippen LogP contribution in [0.5, 0.6) is 0 Å². The molecule has 0 aromatic carbocycles. The summed E-state index contributed by atoms with van der Waals surface area (Å²) in [5, 5.41) is 0. The fourth-order valence-corrected chi connectivity index (χ4v) is 4.93. The van der Waals surface area contributed by atoms with E-state index in [-0.39, 0.29) is 11.1 Å². The summed E-state index contributed by atoms with van der Waals surface area (Å²) >= 11 is 0. The molecule has 3 saturated heterocycles. The highest BCUT2D eigenvalue weighted by Crippen LogP contribution is 2.41. The lowest BCUT2D eigenvalue weighted by Gasteiger charge is -2.56. The van der Waals surface area contributed by atoms with Crippen molar-refractivity contribution in [3.05, 3.63) is 0 Å². The molecule has 21 heavy (non-hydrogen) atoms. The van der Waals surface area contributed by atoms with Gasteiger partial charge in [-0.1, -0.05) is 6.92 Å². The maximum atomic E-state index is 6.33. The quantitative estimate of drug-likeness (QED) is 0.862. The molecule has 4 unspecified atom stereocenters. The van der Waals surface area contributed by atoms with Gasteiger partial charge in [0.25, 0.3) is 0 Å². The van der Waals surface area contributed by atoms with Gasteiger partial charge in [-0.3, -0.25) is 9.80 Å². The molecule has 0 aromatic rings. The van der Waals surface area contributed by atoms with Crippen molar-refractivity contribution in [2.24, 2.45) is 5.73 Å². The van der Waals surface area contributed by atoms with E-state index in [2.05, 4.69) is 30.6 Å². The topological polar surface area (TPSA) is 41.7 Å². The Balaban J connectivity index is 1.81. The molecule has 3 heterocycles. The van der Waals surface area contributed by atoms with Gasteiger partial charge in [-0.2, -0.15) is 0 Å². The molecule has 3 aliphatic rings. The number of nitrogens with zero attached hydrogens (tertiary/aromatic N) is 2. The first-order valence-electron chi connectivity index (χ1n) is 8.87. The largest absolute Gasteiger partial charge is 0.375 e. The van der Waals surface area contributed by atoms with Gasteiger partial charge in [0, 0.05) is 43.9 Å². The minimum atomic E-state index is 0.00412. The van der Waals surface area contributed by atoms with E-state index in [1.54, 1.807) is 0 Å². The SMILES string of the molecule is CCC1(C)CC(CN)(N2CC3CCCN3CC2C)CCO1. The van der Waals surface area contributed by atoms with Crippen LogP contribution in [-0.2, 0) is 4.74 Å². The van der Waals surface area contributed by atoms with Crippen LogP contribution < -0.4 is 5.73 Å². The first kappa shape index (κ1) is 15.7. The minimum absolute atomic E-state index is 0.00412. The van der Waals surface area contributed by atoms with Crippen LogP contribution in [-0.4, -0.2) is 65.8 Å². The average Bonchev–Trinajstić information content (AvgIpc) is 2.93. The second kappa shape index (κ2) is 5.80. The first-order valence-corrected chi connectivity index (χ1v) is 8.87. The van der Waals surface area contributed by atoms with Crippen molar-refractivity contribution in [1.29, 1.82) is 0 Å².